The molecule has 7 nitrogen and oxygen atoms in total. The lowest BCUT2D eigenvalue weighted by atomic mass is 9.95. The second-order valence-corrected chi connectivity index (χ2v) is 6.43. The molecule has 0 aromatic carbocycles. The Kier molecular flexibility index (Phi) is 4.04. The highest BCUT2D eigenvalue weighted by molar-refractivity contribution is 5.96. The van der Waals surface area contributed by atoms with Crippen molar-refractivity contribution in [3.8, 4) is 0 Å². The van der Waals surface area contributed by atoms with Crippen molar-refractivity contribution in [2.45, 2.75) is 52.2 Å². The molecule has 23 heavy (non-hydrogen) atoms. The lowest BCUT2D eigenvalue weighted by Gasteiger charge is -2.25. The summed E-state index contributed by atoms with van der Waals surface area (Å²) in [6.07, 6.45) is 1.96. The lowest BCUT2D eigenvalue weighted by molar-refractivity contribution is 0.0438. The fourth-order valence-electron chi connectivity index (χ4n) is 3.62. The van der Waals surface area contributed by atoms with Crippen molar-refractivity contribution in [3.63, 3.8) is 0 Å². The molecule has 1 aromatic heterocycles. The Hall–Kier alpha value is -2.05. The van der Waals surface area contributed by atoms with Crippen LogP contribution in [-0.2, 0) is 11.3 Å². The summed E-state index contributed by atoms with van der Waals surface area (Å²) in [7, 11) is 0. The van der Waals surface area contributed by atoms with Gasteiger partial charge >= 0.3 is 6.09 Å². The average Bonchev–Trinajstić information content (AvgIpc) is 2.93. The summed E-state index contributed by atoms with van der Waals surface area (Å²) in [5, 5.41) is 7.17. The fraction of sp³-hybridized carbons (Fsp3) is 0.688. The van der Waals surface area contributed by atoms with E-state index >= 15 is 0 Å². The second-order valence-electron chi connectivity index (χ2n) is 6.43. The molecule has 7 heteroatoms. The highest BCUT2D eigenvalue weighted by Crippen LogP contribution is 2.30. The number of ether oxygens (including phenoxy) is 1. The molecule has 3 heterocycles. The van der Waals surface area contributed by atoms with E-state index in [1.54, 1.807) is 0 Å². The van der Waals surface area contributed by atoms with Gasteiger partial charge in [0.15, 0.2) is 0 Å². The fourth-order valence-corrected chi connectivity index (χ4v) is 3.62. The molecule has 0 unspecified atom stereocenters. The number of amides is 2. The Balaban J connectivity index is 1.76. The summed E-state index contributed by atoms with van der Waals surface area (Å²) in [4.78, 5) is 26.2. The lowest BCUT2D eigenvalue weighted by Crippen LogP contribution is -2.37. The maximum Gasteiger partial charge on any atom is 0.407 e. The molecule has 3 rings (SSSR count). The number of nitrogens with one attached hydrogen (secondary N) is 1. The average molecular weight is 320 g/mol. The first-order valence-corrected chi connectivity index (χ1v) is 8.26. The maximum atomic E-state index is 12.9. The third-order valence-electron chi connectivity index (χ3n) is 4.94. The zero-order valence-electron chi connectivity index (χ0n) is 14.0. The minimum atomic E-state index is -0.441. The van der Waals surface area contributed by atoms with E-state index in [2.05, 4.69) is 10.4 Å². The van der Waals surface area contributed by atoms with Crippen LogP contribution in [0.3, 0.4) is 0 Å². The third-order valence-corrected chi connectivity index (χ3v) is 4.94. The first-order valence-electron chi connectivity index (χ1n) is 8.26. The molecule has 0 aliphatic carbocycles. The molecule has 2 fully saturated rings. The minimum absolute atomic E-state index is 0.0361. The molecule has 1 N–H and O–H groups in total. The highest BCUT2D eigenvalue weighted by Gasteiger charge is 2.42. The van der Waals surface area contributed by atoms with Crippen molar-refractivity contribution >= 4 is 12.0 Å². The zero-order chi connectivity index (χ0) is 16.6. The van der Waals surface area contributed by atoms with Crippen LogP contribution >= 0.6 is 0 Å². The van der Waals surface area contributed by atoms with E-state index in [9.17, 15) is 9.59 Å². The third kappa shape index (κ3) is 2.80. The van der Waals surface area contributed by atoms with E-state index in [-0.39, 0.29) is 12.0 Å². The predicted molar refractivity (Wildman–Crippen MR) is 84.3 cm³/mol. The SMILES string of the molecule is CCn1nc(C)c(C(=O)N2CCC[C@]3(CC2)CNC(=O)O3)c1C. The summed E-state index contributed by atoms with van der Waals surface area (Å²) >= 11 is 0. The number of aryl methyl sites for hydroxylation is 2. The molecular weight excluding hydrogens is 296 g/mol. The molecule has 2 saturated heterocycles. The largest absolute Gasteiger partial charge is 0.441 e. The Morgan fingerprint density at radius 3 is 2.74 bits per heavy atom. The van der Waals surface area contributed by atoms with E-state index in [0.29, 0.717) is 31.6 Å². The van der Waals surface area contributed by atoms with Crippen LogP contribution in [0.1, 0.15) is 47.9 Å². The summed E-state index contributed by atoms with van der Waals surface area (Å²) in [6, 6.07) is 0. The number of carbonyl (C=O) groups excluding carboxylic acids is 2. The number of hydrogen-bond acceptors (Lipinski definition) is 4. The van der Waals surface area contributed by atoms with Crippen molar-refractivity contribution in [1.82, 2.24) is 20.0 Å². The molecule has 0 saturated carbocycles. The Morgan fingerprint density at radius 2 is 2.13 bits per heavy atom. The number of nitrogens with zero attached hydrogens (tertiary/aromatic N) is 3. The van der Waals surface area contributed by atoms with Crippen LogP contribution < -0.4 is 5.32 Å². The van der Waals surface area contributed by atoms with E-state index in [4.69, 9.17) is 4.74 Å². The van der Waals surface area contributed by atoms with Crippen LogP contribution in [0.5, 0.6) is 0 Å². The first-order chi connectivity index (χ1) is 11.0. The number of rotatable bonds is 2. The van der Waals surface area contributed by atoms with Gasteiger partial charge in [0, 0.05) is 31.7 Å². The van der Waals surface area contributed by atoms with Crippen molar-refractivity contribution in [2.75, 3.05) is 19.6 Å². The summed E-state index contributed by atoms with van der Waals surface area (Å²) in [6.45, 7) is 8.43. The van der Waals surface area contributed by atoms with Gasteiger partial charge in [-0.2, -0.15) is 5.10 Å². The Labute approximate surface area is 136 Å². The smallest absolute Gasteiger partial charge is 0.407 e. The van der Waals surface area contributed by atoms with Crippen LogP contribution in [0.2, 0.25) is 0 Å². The van der Waals surface area contributed by atoms with Crippen LogP contribution in [0.4, 0.5) is 4.79 Å². The molecule has 1 spiro atoms. The van der Waals surface area contributed by atoms with Crippen LogP contribution in [0, 0.1) is 13.8 Å². The van der Waals surface area contributed by atoms with Crippen LogP contribution in [0.25, 0.3) is 0 Å². The van der Waals surface area contributed by atoms with Gasteiger partial charge in [0.25, 0.3) is 5.91 Å². The first kappa shape index (κ1) is 15.8. The molecular formula is C16H24N4O3. The van der Waals surface area contributed by atoms with Gasteiger partial charge in [0.1, 0.15) is 5.60 Å². The second kappa shape index (κ2) is 5.86. The normalized spacial score (nSPS) is 24.5. The van der Waals surface area contributed by atoms with Gasteiger partial charge in [-0.15, -0.1) is 0 Å². The van der Waals surface area contributed by atoms with E-state index in [1.807, 2.05) is 30.4 Å². The van der Waals surface area contributed by atoms with E-state index in [1.165, 1.54) is 0 Å². The molecule has 2 aliphatic rings. The molecule has 0 bridgehead atoms. The molecule has 0 radical (unpaired) electrons. The van der Waals surface area contributed by atoms with Gasteiger partial charge in [-0.3, -0.25) is 9.48 Å². The van der Waals surface area contributed by atoms with Gasteiger partial charge in [-0.25, -0.2) is 4.79 Å². The predicted octanol–water partition coefficient (Wildman–Crippen LogP) is 1.62. The maximum absolute atomic E-state index is 12.9. The summed E-state index contributed by atoms with van der Waals surface area (Å²) in [5.41, 5.74) is 1.97. The topological polar surface area (TPSA) is 76.5 Å². The molecule has 2 aliphatic heterocycles. The summed E-state index contributed by atoms with van der Waals surface area (Å²) < 4.78 is 7.33. The zero-order valence-corrected chi connectivity index (χ0v) is 14.0. The van der Waals surface area contributed by atoms with Crippen molar-refractivity contribution in [1.29, 1.82) is 0 Å². The minimum Gasteiger partial charge on any atom is -0.441 e. The van der Waals surface area contributed by atoms with E-state index < -0.39 is 5.60 Å². The van der Waals surface area contributed by atoms with E-state index in [0.717, 1.165) is 30.8 Å². The van der Waals surface area contributed by atoms with Gasteiger partial charge in [-0.1, -0.05) is 0 Å². The Morgan fingerprint density at radius 1 is 1.35 bits per heavy atom. The summed E-state index contributed by atoms with van der Waals surface area (Å²) in [5.74, 6) is 0.0361. The quantitative estimate of drug-likeness (QED) is 0.898. The Bertz CT molecular complexity index is 640. The van der Waals surface area contributed by atoms with Gasteiger partial charge in [0.05, 0.1) is 17.8 Å². The van der Waals surface area contributed by atoms with Crippen molar-refractivity contribution in [2.24, 2.45) is 0 Å². The molecule has 126 valence electrons. The molecule has 1 aromatic rings. The number of carbonyl (C=O) groups is 2. The van der Waals surface area contributed by atoms with Gasteiger partial charge < -0.3 is 15.0 Å². The molecule has 1 atom stereocenters. The van der Waals surface area contributed by atoms with Crippen LogP contribution in [0.15, 0.2) is 0 Å². The van der Waals surface area contributed by atoms with Gasteiger partial charge in [-0.05, 0) is 33.6 Å². The standard InChI is InChI=1S/C16H24N4O3/c1-4-20-12(3)13(11(2)18-20)14(21)19-8-5-6-16(7-9-19)10-17-15(22)23-16/h4-10H2,1-3H3,(H,17,22)/t16-/m0/s1. The molecule has 2 amide bonds. The van der Waals surface area contributed by atoms with Crippen molar-refractivity contribution in [3.05, 3.63) is 17.0 Å². The van der Waals surface area contributed by atoms with Crippen LogP contribution in [-0.4, -0.2) is 51.9 Å². The number of likely N-dealkylation sites (tertiary alicyclic amines) is 1. The number of alkyl carbamates (subject to hydrolysis) is 1. The number of hydrogen-bond donors (Lipinski definition) is 1. The number of aromatic nitrogens is 2. The highest BCUT2D eigenvalue weighted by atomic mass is 16.6. The monoisotopic (exact) mass is 320 g/mol. The van der Waals surface area contributed by atoms with Gasteiger partial charge in [0.2, 0.25) is 0 Å². The van der Waals surface area contributed by atoms with Crippen molar-refractivity contribution < 1.29 is 14.3 Å².